The van der Waals surface area contributed by atoms with E-state index in [1.165, 1.54) is 4.90 Å². The van der Waals surface area contributed by atoms with Crippen LogP contribution in [0.2, 0.25) is 0 Å². The number of cyclic esters (lactones) is 1. The number of carbonyl (C=O) groups excluding carboxylic acids is 3. The molecule has 4 rings (SSSR count). The van der Waals surface area contributed by atoms with Gasteiger partial charge in [-0.25, -0.2) is 4.79 Å². The lowest BCUT2D eigenvalue weighted by atomic mass is 9.99. The predicted molar refractivity (Wildman–Crippen MR) is 147 cm³/mol. The number of rotatable bonds is 10. The number of aryl methyl sites for hydroxylation is 1. The van der Waals surface area contributed by atoms with E-state index in [2.05, 4.69) is 24.5 Å². The highest BCUT2D eigenvalue weighted by Gasteiger charge is 2.47. The third kappa shape index (κ3) is 7.00. The third-order valence-corrected chi connectivity index (χ3v) is 6.55. The number of benzene rings is 3. The first-order chi connectivity index (χ1) is 18.3. The van der Waals surface area contributed by atoms with E-state index < -0.39 is 18.2 Å². The van der Waals surface area contributed by atoms with E-state index in [0.717, 1.165) is 23.1 Å². The Morgan fingerprint density at radius 2 is 1.68 bits per heavy atom. The van der Waals surface area contributed by atoms with Crippen LogP contribution in [0.5, 0.6) is 0 Å². The standard InChI is InChI=1S/C31H35N3O4/c1-21(2)16-17-32-30(36)28-29(38-31(37)34(28)20-24-14-12-22(3)13-15-24)25-10-7-11-26(19-25)33-27(35)18-23-8-5-4-6-9-23/h4-15,19,21,28-29H,16-18,20H2,1-3H3,(H,32,36)(H,33,35)/t28-,29-/m0/s1. The molecule has 2 N–H and O–H groups in total. The first-order valence-electron chi connectivity index (χ1n) is 13.0. The van der Waals surface area contributed by atoms with Gasteiger partial charge in [0.1, 0.15) is 0 Å². The van der Waals surface area contributed by atoms with Crippen molar-refractivity contribution in [2.75, 3.05) is 11.9 Å². The predicted octanol–water partition coefficient (Wildman–Crippen LogP) is 5.40. The lowest BCUT2D eigenvalue weighted by Gasteiger charge is -2.24. The molecule has 0 aliphatic carbocycles. The average molecular weight is 514 g/mol. The number of hydrogen-bond acceptors (Lipinski definition) is 4. The fourth-order valence-corrected chi connectivity index (χ4v) is 4.47. The summed E-state index contributed by atoms with van der Waals surface area (Å²) in [5, 5.41) is 5.91. The third-order valence-electron chi connectivity index (χ3n) is 6.55. The molecule has 7 heteroatoms. The van der Waals surface area contributed by atoms with Crippen LogP contribution in [0.15, 0.2) is 78.9 Å². The molecule has 1 saturated heterocycles. The van der Waals surface area contributed by atoms with Crippen molar-refractivity contribution in [3.8, 4) is 0 Å². The summed E-state index contributed by atoms with van der Waals surface area (Å²) in [6, 6.07) is 23.7. The van der Waals surface area contributed by atoms with Crippen LogP contribution in [0.1, 0.15) is 48.6 Å². The van der Waals surface area contributed by atoms with E-state index in [-0.39, 0.29) is 24.8 Å². The second-order valence-corrected chi connectivity index (χ2v) is 10.2. The Bertz CT molecular complexity index is 1260. The average Bonchev–Trinajstić information content (AvgIpc) is 3.21. The topological polar surface area (TPSA) is 87.7 Å². The fourth-order valence-electron chi connectivity index (χ4n) is 4.47. The highest BCUT2D eigenvalue weighted by atomic mass is 16.6. The van der Waals surface area contributed by atoms with E-state index in [1.807, 2.05) is 67.6 Å². The molecule has 1 heterocycles. The van der Waals surface area contributed by atoms with Crippen molar-refractivity contribution in [1.29, 1.82) is 0 Å². The van der Waals surface area contributed by atoms with Gasteiger partial charge in [0.05, 0.1) is 13.0 Å². The molecule has 1 aliphatic rings. The van der Waals surface area contributed by atoms with Crippen molar-refractivity contribution < 1.29 is 19.1 Å². The Morgan fingerprint density at radius 3 is 2.39 bits per heavy atom. The maximum absolute atomic E-state index is 13.4. The molecule has 0 bridgehead atoms. The summed E-state index contributed by atoms with van der Waals surface area (Å²) in [4.78, 5) is 40.6. The van der Waals surface area contributed by atoms with E-state index in [0.29, 0.717) is 23.7 Å². The van der Waals surface area contributed by atoms with Gasteiger partial charge in [-0.05, 0) is 48.1 Å². The maximum atomic E-state index is 13.4. The first-order valence-corrected chi connectivity index (χ1v) is 13.0. The Labute approximate surface area is 224 Å². The molecule has 3 aromatic carbocycles. The molecule has 0 saturated carbocycles. The van der Waals surface area contributed by atoms with E-state index >= 15 is 0 Å². The molecule has 38 heavy (non-hydrogen) atoms. The Kier molecular flexibility index (Phi) is 8.79. The molecular formula is C31H35N3O4. The van der Waals surface area contributed by atoms with Crippen LogP contribution in [0.3, 0.4) is 0 Å². The van der Waals surface area contributed by atoms with Gasteiger partial charge in [-0.2, -0.15) is 0 Å². The molecule has 7 nitrogen and oxygen atoms in total. The zero-order chi connectivity index (χ0) is 27.1. The second kappa shape index (κ2) is 12.4. The van der Waals surface area contributed by atoms with E-state index in [4.69, 9.17) is 4.74 Å². The second-order valence-electron chi connectivity index (χ2n) is 10.2. The Hall–Kier alpha value is -4.13. The molecule has 0 spiro atoms. The zero-order valence-corrected chi connectivity index (χ0v) is 22.1. The van der Waals surface area contributed by atoms with Crippen molar-refractivity contribution in [3.05, 3.63) is 101 Å². The monoisotopic (exact) mass is 513 g/mol. The summed E-state index contributed by atoms with van der Waals surface area (Å²) < 4.78 is 5.79. The van der Waals surface area contributed by atoms with Gasteiger partial charge < -0.3 is 15.4 Å². The van der Waals surface area contributed by atoms with Gasteiger partial charge in [-0.1, -0.05) is 86.1 Å². The van der Waals surface area contributed by atoms with Crippen molar-refractivity contribution in [2.24, 2.45) is 5.92 Å². The zero-order valence-electron chi connectivity index (χ0n) is 22.1. The van der Waals surface area contributed by atoms with Crippen LogP contribution in [-0.2, 0) is 27.3 Å². The van der Waals surface area contributed by atoms with Crippen LogP contribution in [0.4, 0.5) is 10.5 Å². The van der Waals surface area contributed by atoms with Gasteiger partial charge in [-0.3, -0.25) is 14.5 Å². The van der Waals surface area contributed by atoms with Crippen molar-refractivity contribution in [1.82, 2.24) is 10.2 Å². The number of nitrogens with one attached hydrogen (secondary N) is 2. The summed E-state index contributed by atoms with van der Waals surface area (Å²) in [6.07, 6.45) is -0.274. The molecule has 0 aromatic heterocycles. The van der Waals surface area contributed by atoms with E-state index in [1.54, 1.807) is 18.2 Å². The Balaban J connectivity index is 1.55. The number of amides is 3. The minimum atomic E-state index is -0.841. The molecule has 1 fully saturated rings. The minimum absolute atomic E-state index is 0.152. The summed E-state index contributed by atoms with van der Waals surface area (Å²) in [6.45, 7) is 6.96. The first kappa shape index (κ1) is 26.9. The van der Waals surface area contributed by atoms with Crippen LogP contribution >= 0.6 is 0 Å². The van der Waals surface area contributed by atoms with Crippen molar-refractivity contribution in [2.45, 2.75) is 52.3 Å². The summed E-state index contributed by atoms with van der Waals surface area (Å²) in [5.74, 6) is 0.0280. The quantitative estimate of drug-likeness (QED) is 0.380. The summed E-state index contributed by atoms with van der Waals surface area (Å²) >= 11 is 0. The van der Waals surface area contributed by atoms with Gasteiger partial charge in [0.25, 0.3) is 0 Å². The number of nitrogens with zero attached hydrogens (tertiary/aromatic N) is 1. The summed E-state index contributed by atoms with van der Waals surface area (Å²) in [7, 11) is 0. The number of hydrogen-bond donors (Lipinski definition) is 2. The highest BCUT2D eigenvalue weighted by Crippen LogP contribution is 2.35. The largest absolute Gasteiger partial charge is 0.438 e. The van der Waals surface area contributed by atoms with Gasteiger partial charge in [0.2, 0.25) is 11.8 Å². The molecular weight excluding hydrogens is 478 g/mol. The highest BCUT2D eigenvalue weighted by molar-refractivity contribution is 5.92. The van der Waals surface area contributed by atoms with Crippen LogP contribution in [0, 0.1) is 12.8 Å². The fraction of sp³-hybridized carbons (Fsp3) is 0.323. The SMILES string of the molecule is Cc1ccc(CN2C(=O)O[C@@H](c3cccc(NC(=O)Cc4ccccc4)c3)[C@H]2C(=O)NCCC(C)C)cc1. The van der Waals surface area contributed by atoms with Gasteiger partial charge in [-0.15, -0.1) is 0 Å². The molecule has 3 amide bonds. The van der Waals surface area contributed by atoms with Crippen molar-refractivity contribution in [3.63, 3.8) is 0 Å². The van der Waals surface area contributed by atoms with Gasteiger partial charge in [0, 0.05) is 12.2 Å². The van der Waals surface area contributed by atoms with Crippen LogP contribution in [0.25, 0.3) is 0 Å². The van der Waals surface area contributed by atoms with Gasteiger partial charge in [0.15, 0.2) is 12.1 Å². The number of anilines is 1. The Morgan fingerprint density at radius 1 is 0.947 bits per heavy atom. The smallest absolute Gasteiger partial charge is 0.411 e. The molecule has 2 atom stereocenters. The molecule has 3 aromatic rings. The minimum Gasteiger partial charge on any atom is -0.438 e. The molecule has 1 aliphatic heterocycles. The molecule has 198 valence electrons. The number of carbonyl (C=O) groups is 3. The van der Waals surface area contributed by atoms with Crippen molar-refractivity contribution >= 4 is 23.6 Å². The van der Waals surface area contributed by atoms with E-state index in [9.17, 15) is 14.4 Å². The lowest BCUT2D eigenvalue weighted by Crippen LogP contribution is -2.46. The van der Waals surface area contributed by atoms with Crippen LogP contribution in [-0.4, -0.2) is 35.4 Å². The molecule has 0 radical (unpaired) electrons. The normalized spacial score (nSPS) is 16.8. The van der Waals surface area contributed by atoms with Gasteiger partial charge >= 0.3 is 6.09 Å². The lowest BCUT2D eigenvalue weighted by molar-refractivity contribution is -0.126. The maximum Gasteiger partial charge on any atom is 0.411 e. The van der Waals surface area contributed by atoms with Crippen LogP contribution < -0.4 is 10.6 Å². The molecule has 0 unspecified atom stereocenters. The number of ether oxygens (including phenoxy) is 1. The summed E-state index contributed by atoms with van der Waals surface area (Å²) in [5.41, 5.74) is 4.16.